The fraction of sp³-hybridized carbons (Fsp3) is 0.100. The third kappa shape index (κ3) is 2.34. The van der Waals surface area contributed by atoms with Gasteiger partial charge in [0.15, 0.2) is 23.3 Å². The lowest BCUT2D eigenvalue weighted by Gasteiger charge is -2.08. The first kappa shape index (κ1) is 14.7. The monoisotopic (exact) mass is 322 g/mol. The molecule has 0 unspecified atom stereocenters. The van der Waals surface area contributed by atoms with Crippen LogP contribution in [0.2, 0.25) is 0 Å². The molecule has 0 fully saturated rings. The van der Waals surface area contributed by atoms with Gasteiger partial charge in [0.05, 0.1) is 11.3 Å². The Labute approximate surface area is 120 Å². The molecule has 1 aliphatic heterocycles. The third-order valence-electron chi connectivity index (χ3n) is 2.51. The molecule has 0 bridgehead atoms. The number of rotatable bonds is 1. The van der Waals surface area contributed by atoms with Crippen LogP contribution in [0.5, 0.6) is 0 Å². The molecule has 1 aromatic heterocycles. The molecule has 10 heteroatoms. The van der Waals surface area contributed by atoms with E-state index >= 15 is 0 Å². The Kier molecular flexibility index (Phi) is 3.91. The van der Waals surface area contributed by atoms with Gasteiger partial charge in [-0.1, -0.05) is 11.8 Å². The molecule has 0 radical (unpaired) electrons. The Morgan fingerprint density at radius 3 is 2.65 bits per heavy atom. The summed E-state index contributed by atoms with van der Waals surface area (Å²) in [5.74, 6) is -3.83. The maximum atomic E-state index is 13.5. The van der Waals surface area contributed by atoms with Gasteiger partial charge in [0, 0.05) is 6.07 Å². The van der Waals surface area contributed by atoms with Gasteiger partial charge < -0.3 is 4.98 Å². The highest BCUT2D eigenvalue weighted by molar-refractivity contribution is 8.14. The van der Waals surface area contributed by atoms with Crippen molar-refractivity contribution in [3.05, 3.63) is 29.3 Å². The molecule has 2 heterocycles. The molecule has 1 aliphatic rings. The Morgan fingerprint density at radius 2 is 2.00 bits per heavy atom. The minimum atomic E-state index is -1.57. The van der Waals surface area contributed by atoms with Crippen molar-refractivity contribution in [1.82, 2.24) is 15.4 Å². The zero-order valence-electron chi connectivity index (χ0n) is 9.54. The number of aromatic nitrogens is 2. The quantitative estimate of drug-likeness (QED) is 0.793. The molecule has 3 rings (SSSR count). The lowest BCUT2D eigenvalue weighted by molar-refractivity contribution is 0.261. The van der Waals surface area contributed by atoms with E-state index in [1.807, 2.05) is 0 Å². The van der Waals surface area contributed by atoms with E-state index in [0.717, 1.165) is 17.8 Å². The van der Waals surface area contributed by atoms with Crippen molar-refractivity contribution >= 4 is 46.2 Å². The van der Waals surface area contributed by atoms with Crippen molar-refractivity contribution in [1.29, 1.82) is 0 Å². The maximum absolute atomic E-state index is 13.5. The summed E-state index contributed by atoms with van der Waals surface area (Å²) in [5.41, 5.74) is 2.30. The Balaban J connectivity index is 0.00000147. The van der Waals surface area contributed by atoms with Gasteiger partial charge in [-0.15, -0.1) is 12.4 Å². The van der Waals surface area contributed by atoms with Crippen LogP contribution in [-0.4, -0.2) is 26.7 Å². The summed E-state index contributed by atoms with van der Waals surface area (Å²) < 4.78 is 39.6. The van der Waals surface area contributed by atoms with Crippen LogP contribution in [0.3, 0.4) is 0 Å². The van der Waals surface area contributed by atoms with Gasteiger partial charge in [0.2, 0.25) is 0 Å². The fourth-order valence-corrected chi connectivity index (χ4v) is 2.21. The Morgan fingerprint density at radius 1 is 1.25 bits per heavy atom. The molecule has 2 N–H and O–H groups in total. The van der Waals surface area contributed by atoms with Crippen molar-refractivity contribution in [2.45, 2.75) is 0 Å². The molecule has 2 aromatic rings. The fourth-order valence-electron chi connectivity index (χ4n) is 1.63. The lowest BCUT2D eigenvalue weighted by atomic mass is 10.3. The van der Waals surface area contributed by atoms with Gasteiger partial charge in [0.1, 0.15) is 11.2 Å². The summed E-state index contributed by atoms with van der Waals surface area (Å²) in [4.78, 5) is 17.4. The van der Waals surface area contributed by atoms with Crippen LogP contribution >= 0.6 is 24.2 Å². The van der Waals surface area contributed by atoms with Crippen LogP contribution in [-0.2, 0) is 0 Å². The van der Waals surface area contributed by atoms with Crippen LogP contribution in [0, 0.1) is 17.5 Å². The summed E-state index contributed by atoms with van der Waals surface area (Å²) in [7, 11) is 0. The third-order valence-corrected chi connectivity index (χ3v) is 3.28. The zero-order valence-corrected chi connectivity index (χ0v) is 11.2. The second kappa shape index (κ2) is 5.33. The predicted molar refractivity (Wildman–Crippen MR) is 70.7 cm³/mol. The number of carbonyl (C=O) groups is 1. The van der Waals surface area contributed by atoms with Crippen molar-refractivity contribution in [3.8, 4) is 0 Å². The van der Waals surface area contributed by atoms with Crippen LogP contribution in [0.25, 0.3) is 11.0 Å². The van der Waals surface area contributed by atoms with Crippen LogP contribution in [0.4, 0.5) is 18.0 Å². The number of thioether (sulfide) groups is 1. The SMILES string of the molecule is Cl.O=C1NN=C(c2nc3c(F)c(F)c(F)cc3[nH]2)CS1. The van der Waals surface area contributed by atoms with Crippen LogP contribution in [0.15, 0.2) is 11.2 Å². The normalized spacial score (nSPS) is 14.8. The highest BCUT2D eigenvalue weighted by Gasteiger charge is 2.21. The number of nitrogens with one attached hydrogen (secondary N) is 2. The molecule has 1 amide bonds. The van der Waals surface area contributed by atoms with E-state index in [9.17, 15) is 18.0 Å². The highest BCUT2D eigenvalue weighted by Crippen LogP contribution is 2.22. The first-order valence-corrected chi connectivity index (χ1v) is 6.07. The van der Waals surface area contributed by atoms with E-state index in [4.69, 9.17) is 0 Å². The number of hydrazone groups is 1. The first-order valence-electron chi connectivity index (χ1n) is 5.09. The number of imidazole rings is 1. The molecule has 5 nitrogen and oxygen atoms in total. The summed E-state index contributed by atoms with van der Waals surface area (Å²) in [6.45, 7) is 0. The van der Waals surface area contributed by atoms with E-state index in [-0.39, 0.29) is 40.3 Å². The largest absolute Gasteiger partial charge is 0.337 e. The average Bonchev–Trinajstić information content (AvgIpc) is 2.81. The van der Waals surface area contributed by atoms with Gasteiger partial charge >= 0.3 is 0 Å². The predicted octanol–water partition coefficient (Wildman–Crippen LogP) is 2.56. The summed E-state index contributed by atoms with van der Waals surface area (Å²) in [6, 6.07) is 0.819. The van der Waals surface area contributed by atoms with Crippen molar-refractivity contribution in [2.24, 2.45) is 5.10 Å². The molecule has 106 valence electrons. The van der Waals surface area contributed by atoms with Gasteiger partial charge in [-0.3, -0.25) is 4.79 Å². The van der Waals surface area contributed by atoms with Crippen molar-refractivity contribution in [2.75, 3.05) is 5.75 Å². The number of benzene rings is 1. The maximum Gasteiger partial charge on any atom is 0.299 e. The number of hydrogen-bond acceptors (Lipinski definition) is 4. The molecule has 20 heavy (non-hydrogen) atoms. The molecule has 1 aromatic carbocycles. The van der Waals surface area contributed by atoms with Crippen LogP contribution in [0.1, 0.15) is 5.82 Å². The number of aromatic amines is 1. The molecular formula is C10H6ClF3N4OS. The second-order valence-corrected chi connectivity index (χ2v) is 4.66. The number of halogens is 4. The van der Waals surface area contributed by atoms with E-state index in [2.05, 4.69) is 20.5 Å². The number of fused-ring (bicyclic) bond motifs is 1. The Hall–Kier alpha value is -1.74. The minimum Gasteiger partial charge on any atom is -0.337 e. The number of amides is 1. The standard InChI is InChI=1S/C10H5F3N4OS.ClH/c11-3-1-4-8(7(13)6(3)12)15-9(14-4)5-2-19-10(18)17-16-5;/h1H,2H2,(H,14,15)(H,17,18);1H. The zero-order chi connectivity index (χ0) is 13.6. The summed E-state index contributed by atoms with van der Waals surface area (Å²) >= 11 is 0.959. The molecule has 0 atom stereocenters. The van der Waals surface area contributed by atoms with Gasteiger partial charge in [-0.05, 0) is 0 Å². The van der Waals surface area contributed by atoms with Crippen LogP contribution < -0.4 is 5.43 Å². The van der Waals surface area contributed by atoms with E-state index in [0.29, 0.717) is 5.71 Å². The lowest BCUT2D eigenvalue weighted by Crippen LogP contribution is -2.24. The van der Waals surface area contributed by atoms with Gasteiger partial charge in [0.25, 0.3) is 5.24 Å². The highest BCUT2D eigenvalue weighted by atomic mass is 35.5. The molecule has 0 spiro atoms. The molecule has 0 saturated heterocycles. The smallest absolute Gasteiger partial charge is 0.299 e. The van der Waals surface area contributed by atoms with Gasteiger partial charge in [-0.2, -0.15) is 5.10 Å². The van der Waals surface area contributed by atoms with Crippen molar-refractivity contribution < 1.29 is 18.0 Å². The summed E-state index contributed by atoms with van der Waals surface area (Å²) in [6.07, 6.45) is 0. The topological polar surface area (TPSA) is 70.1 Å². The molecule has 0 saturated carbocycles. The Bertz CT molecular complexity index is 733. The van der Waals surface area contributed by atoms with Gasteiger partial charge in [-0.25, -0.2) is 23.6 Å². The first-order chi connectivity index (χ1) is 9.06. The van der Waals surface area contributed by atoms with E-state index < -0.39 is 17.5 Å². The number of H-pyrrole nitrogens is 1. The van der Waals surface area contributed by atoms with Crippen molar-refractivity contribution in [3.63, 3.8) is 0 Å². The summed E-state index contributed by atoms with van der Waals surface area (Å²) in [5, 5.41) is 3.43. The number of nitrogens with zero attached hydrogens (tertiary/aromatic N) is 2. The second-order valence-electron chi connectivity index (χ2n) is 3.71. The van der Waals surface area contributed by atoms with E-state index in [1.165, 1.54) is 0 Å². The number of hydrogen-bond donors (Lipinski definition) is 2. The average molecular weight is 323 g/mol. The minimum absolute atomic E-state index is 0. The van der Waals surface area contributed by atoms with E-state index in [1.54, 1.807) is 0 Å². The molecular weight excluding hydrogens is 317 g/mol. The molecule has 0 aliphatic carbocycles. The number of carbonyl (C=O) groups excluding carboxylic acids is 1.